The summed E-state index contributed by atoms with van der Waals surface area (Å²) in [6, 6.07) is 14.0. The van der Waals surface area contributed by atoms with Crippen molar-refractivity contribution < 1.29 is 4.79 Å². The first-order valence-electron chi connectivity index (χ1n) is 6.95. The maximum Gasteiger partial charge on any atom is 0.141 e. The van der Waals surface area contributed by atoms with Gasteiger partial charge in [0.15, 0.2) is 0 Å². The predicted octanol–water partition coefficient (Wildman–Crippen LogP) is 3.12. The molecule has 0 spiro atoms. The summed E-state index contributed by atoms with van der Waals surface area (Å²) in [6.07, 6.45) is 0.957. The van der Waals surface area contributed by atoms with Crippen LogP contribution in [0.25, 0.3) is 0 Å². The maximum absolute atomic E-state index is 12.3. The van der Waals surface area contributed by atoms with Crippen molar-refractivity contribution in [3.05, 3.63) is 70.3 Å². The molecule has 2 N–H and O–H groups in total. The van der Waals surface area contributed by atoms with E-state index in [0.29, 0.717) is 19.4 Å². The molecule has 2 nitrogen and oxygen atoms in total. The average Bonchev–Trinajstić information content (AvgIpc) is 2.44. The Bertz CT molecular complexity index is 596. The van der Waals surface area contributed by atoms with Gasteiger partial charge in [0.2, 0.25) is 0 Å². The zero-order valence-electron chi connectivity index (χ0n) is 12.1. The summed E-state index contributed by atoms with van der Waals surface area (Å²) in [5, 5.41) is 0. The third kappa shape index (κ3) is 3.34. The van der Waals surface area contributed by atoms with Crippen molar-refractivity contribution >= 4 is 5.78 Å². The van der Waals surface area contributed by atoms with Crippen LogP contribution in [-0.4, -0.2) is 5.78 Å². The van der Waals surface area contributed by atoms with E-state index in [4.69, 9.17) is 5.73 Å². The monoisotopic (exact) mass is 267 g/mol. The Balaban J connectivity index is 2.13. The highest BCUT2D eigenvalue weighted by Crippen LogP contribution is 2.16. The van der Waals surface area contributed by atoms with Gasteiger partial charge in [0, 0.05) is 19.4 Å². The lowest BCUT2D eigenvalue weighted by Gasteiger charge is -2.10. The van der Waals surface area contributed by atoms with E-state index in [1.54, 1.807) is 0 Å². The Morgan fingerprint density at radius 2 is 1.50 bits per heavy atom. The second-order valence-electron chi connectivity index (χ2n) is 5.24. The Hall–Kier alpha value is -1.93. The summed E-state index contributed by atoms with van der Waals surface area (Å²) in [5.74, 6) is 0.239. The molecule has 0 aliphatic heterocycles. The molecule has 104 valence electrons. The molecule has 0 saturated heterocycles. The molecular formula is C18H21NO. The molecule has 0 atom stereocenters. The standard InChI is InChI=1S/C18H21NO/c1-13-6-5-7-14(2)18(13)11-17(20)10-15-8-3-4-9-16(15)12-19/h3-9H,10-12,19H2,1-2H3. The smallest absolute Gasteiger partial charge is 0.141 e. The third-order valence-corrected chi connectivity index (χ3v) is 3.74. The van der Waals surface area contributed by atoms with Gasteiger partial charge in [-0.2, -0.15) is 0 Å². The molecule has 2 aromatic carbocycles. The second-order valence-corrected chi connectivity index (χ2v) is 5.24. The molecule has 20 heavy (non-hydrogen) atoms. The zero-order valence-corrected chi connectivity index (χ0v) is 12.1. The molecule has 0 bridgehead atoms. The molecular weight excluding hydrogens is 246 g/mol. The Kier molecular flexibility index (Phi) is 4.70. The lowest BCUT2D eigenvalue weighted by atomic mass is 9.94. The topological polar surface area (TPSA) is 43.1 Å². The van der Waals surface area contributed by atoms with Crippen molar-refractivity contribution in [3.63, 3.8) is 0 Å². The lowest BCUT2D eigenvalue weighted by molar-refractivity contribution is -0.117. The first kappa shape index (κ1) is 14.5. The Morgan fingerprint density at radius 3 is 2.10 bits per heavy atom. The number of nitrogens with two attached hydrogens (primary N) is 1. The highest BCUT2D eigenvalue weighted by atomic mass is 16.1. The molecule has 0 amide bonds. The number of carbonyl (C=O) groups is 1. The second kappa shape index (κ2) is 6.49. The van der Waals surface area contributed by atoms with E-state index >= 15 is 0 Å². The van der Waals surface area contributed by atoms with Crippen molar-refractivity contribution in [1.29, 1.82) is 0 Å². The summed E-state index contributed by atoms with van der Waals surface area (Å²) < 4.78 is 0. The van der Waals surface area contributed by atoms with Crippen molar-refractivity contribution in [1.82, 2.24) is 0 Å². The van der Waals surface area contributed by atoms with Crippen LogP contribution >= 0.6 is 0 Å². The minimum absolute atomic E-state index is 0.239. The summed E-state index contributed by atoms with van der Waals surface area (Å²) in [4.78, 5) is 12.3. The summed E-state index contributed by atoms with van der Waals surface area (Å²) in [5.41, 5.74) is 11.3. The van der Waals surface area contributed by atoms with Crippen molar-refractivity contribution in [3.8, 4) is 0 Å². The summed E-state index contributed by atoms with van der Waals surface area (Å²) >= 11 is 0. The molecule has 0 aromatic heterocycles. The Labute approximate surface area is 120 Å². The van der Waals surface area contributed by atoms with E-state index in [9.17, 15) is 4.79 Å². The first-order chi connectivity index (χ1) is 9.61. The van der Waals surface area contributed by atoms with E-state index in [0.717, 1.165) is 16.7 Å². The molecule has 0 heterocycles. The number of benzene rings is 2. The van der Waals surface area contributed by atoms with Gasteiger partial charge in [-0.3, -0.25) is 4.79 Å². The van der Waals surface area contributed by atoms with Crippen molar-refractivity contribution in [2.75, 3.05) is 0 Å². The van der Waals surface area contributed by atoms with E-state index in [2.05, 4.69) is 26.0 Å². The molecule has 0 fully saturated rings. The highest BCUT2D eigenvalue weighted by molar-refractivity contribution is 5.84. The number of rotatable bonds is 5. The first-order valence-corrected chi connectivity index (χ1v) is 6.95. The van der Waals surface area contributed by atoms with Crippen LogP contribution in [0.3, 0.4) is 0 Å². The van der Waals surface area contributed by atoms with Gasteiger partial charge < -0.3 is 5.73 Å². The fraction of sp³-hybridized carbons (Fsp3) is 0.278. The molecule has 0 aliphatic carbocycles. The molecule has 2 aromatic rings. The van der Waals surface area contributed by atoms with Crippen LogP contribution in [0.5, 0.6) is 0 Å². The van der Waals surface area contributed by atoms with Gasteiger partial charge in [-0.25, -0.2) is 0 Å². The van der Waals surface area contributed by atoms with Crippen LogP contribution in [0.15, 0.2) is 42.5 Å². The number of carbonyl (C=O) groups excluding carboxylic acids is 1. The molecule has 2 heteroatoms. The lowest BCUT2D eigenvalue weighted by Crippen LogP contribution is -2.11. The number of hydrogen-bond acceptors (Lipinski definition) is 2. The van der Waals surface area contributed by atoms with Gasteiger partial charge in [-0.1, -0.05) is 42.5 Å². The van der Waals surface area contributed by atoms with Gasteiger partial charge in [0.05, 0.1) is 0 Å². The number of hydrogen-bond donors (Lipinski definition) is 1. The third-order valence-electron chi connectivity index (χ3n) is 3.74. The van der Waals surface area contributed by atoms with Crippen LogP contribution < -0.4 is 5.73 Å². The van der Waals surface area contributed by atoms with Crippen LogP contribution in [0.1, 0.15) is 27.8 Å². The van der Waals surface area contributed by atoms with E-state index in [-0.39, 0.29) is 5.78 Å². The van der Waals surface area contributed by atoms with Gasteiger partial charge in [-0.05, 0) is 41.7 Å². The van der Waals surface area contributed by atoms with Crippen LogP contribution in [-0.2, 0) is 24.2 Å². The number of ketones is 1. The molecule has 2 rings (SSSR count). The fourth-order valence-electron chi connectivity index (χ4n) is 2.53. The minimum Gasteiger partial charge on any atom is -0.326 e. The Morgan fingerprint density at radius 1 is 0.900 bits per heavy atom. The van der Waals surface area contributed by atoms with E-state index in [1.165, 1.54) is 11.1 Å². The molecule has 0 radical (unpaired) electrons. The largest absolute Gasteiger partial charge is 0.326 e. The van der Waals surface area contributed by atoms with E-state index < -0.39 is 0 Å². The molecule has 0 saturated carbocycles. The van der Waals surface area contributed by atoms with Gasteiger partial charge in [0.1, 0.15) is 5.78 Å². The maximum atomic E-state index is 12.3. The van der Waals surface area contributed by atoms with Gasteiger partial charge in [0.25, 0.3) is 0 Å². The normalized spacial score (nSPS) is 10.6. The summed E-state index contributed by atoms with van der Waals surface area (Å²) in [7, 11) is 0. The average molecular weight is 267 g/mol. The predicted molar refractivity (Wildman–Crippen MR) is 82.7 cm³/mol. The highest BCUT2D eigenvalue weighted by Gasteiger charge is 2.11. The SMILES string of the molecule is Cc1cccc(C)c1CC(=O)Cc1ccccc1CN. The summed E-state index contributed by atoms with van der Waals surface area (Å²) in [6.45, 7) is 4.60. The van der Waals surface area contributed by atoms with Crippen LogP contribution in [0.2, 0.25) is 0 Å². The molecule has 0 aliphatic rings. The minimum atomic E-state index is 0.239. The zero-order chi connectivity index (χ0) is 14.5. The van der Waals surface area contributed by atoms with Crippen LogP contribution in [0, 0.1) is 13.8 Å². The van der Waals surface area contributed by atoms with Crippen molar-refractivity contribution in [2.45, 2.75) is 33.2 Å². The van der Waals surface area contributed by atoms with Gasteiger partial charge >= 0.3 is 0 Å². The fourth-order valence-corrected chi connectivity index (χ4v) is 2.53. The molecule has 0 unspecified atom stereocenters. The quantitative estimate of drug-likeness (QED) is 0.904. The van der Waals surface area contributed by atoms with Crippen molar-refractivity contribution in [2.24, 2.45) is 5.73 Å². The number of aryl methyl sites for hydroxylation is 2. The van der Waals surface area contributed by atoms with Gasteiger partial charge in [-0.15, -0.1) is 0 Å². The van der Waals surface area contributed by atoms with Crippen LogP contribution in [0.4, 0.5) is 0 Å². The number of Topliss-reactive ketones (excluding diaryl/α,β-unsaturated/α-hetero) is 1. The van der Waals surface area contributed by atoms with E-state index in [1.807, 2.05) is 30.3 Å².